The topological polar surface area (TPSA) is 142 Å². The summed E-state index contributed by atoms with van der Waals surface area (Å²) >= 11 is 0. The molecule has 178 valence electrons. The number of carbonyl (C=O) groups excluding carboxylic acids is 2. The van der Waals surface area contributed by atoms with E-state index in [0.29, 0.717) is 23.4 Å². The lowest BCUT2D eigenvalue weighted by Crippen LogP contribution is -2.42. The average molecular weight is 467 g/mol. The van der Waals surface area contributed by atoms with Crippen molar-refractivity contribution in [2.45, 2.75) is 51.1 Å². The summed E-state index contributed by atoms with van der Waals surface area (Å²) in [6.07, 6.45) is 0.113. The number of urea groups is 1. The molecule has 0 aliphatic carbocycles. The van der Waals surface area contributed by atoms with Crippen LogP contribution in [0.15, 0.2) is 43.0 Å². The highest BCUT2D eigenvalue weighted by Gasteiger charge is 2.58. The fourth-order valence-electron chi connectivity index (χ4n) is 4.21. The summed E-state index contributed by atoms with van der Waals surface area (Å²) in [5, 5.41) is 8.22. The molecule has 34 heavy (non-hydrogen) atoms. The molecular weight excluding hydrogens is 442 g/mol. The summed E-state index contributed by atoms with van der Waals surface area (Å²) in [5.74, 6) is -0.924. The number of nitrogens with one attached hydrogen (secondary N) is 3. The van der Waals surface area contributed by atoms with Gasteiger partial charge in [-0.2, -0.15) is 0 Å². The second-order valence-electron chi connectivity index (χ2n) is 8.40. The van der Waals surface area contributed by atoms with Gasteiger partial charge in [0.1, 0.15) is 18.5 Å². The molecule has 3 N–H and O–H groups in total. The number of rotatable bonds is 5. The molecule has 3 amide bonds. The van der Waals surface area contributed by atoms with Crippen LogP contribution in [0.1, 0.15) is 27.0 Å². The van der Waals surface area contributed by atoms with Crippen molar-refractivity contribution in [3.63, 3.8) is 0 Å². The summed E-state index contributed by atoms with van der Waals surface area (Å²) < 4.78 is 19.8. The van der Waals surface area contributed by atoms with Crippen molar-refractivity contribution in [2.24, 2.45) is 0 Å². The first kappa shape index (κ1) is 22.2. The number of para-hydroxylation sites is 1. The van der Waals surface area contributed by atoms with Gasteiger partial charge in [0.25, 0.3) is 5.91 Å². The first-order chi connectivity index (χ1) is 16.4. The van der Waals surface area contributed by atoms with Gasteiger partial charge < -0.3 is 24.8 Å². The Balaban J connectivity index is 1.42. The predicted molar refractivity (Wildman–Crippen MR) is 121 cm³/mol. The zero-order chi connectivity index (χ0) is 23.9. The van der Waals surface area contributed by atoms with Gasteiger partial charge in [0.05, 0.1) is 6.33 Å². The zero-order valence-corrected chi connectivity index (χ0v) is 18.9. The Labute approximate surface area is 195 Å². The highest BCUT2D eigenvalue weighted by Crippen LogP contribution is 2.44. The van der Waals surface area contributed by atoms with Crippen LogP contribution in [-0.4, -0.2) is 62.1 Å². The van der Waals surface area contributed by atoms with Crippen molar-refractivity contribution < 1.29 is 23.8 Å². The summed E-state index contributed by atoms with van der Waals surface area (Å²) in [4.78, 5) is 38.0. The Morgan fingerprint density at radius 3 is 2.59 bits per heavy atom. The van der Waals surface area contributed by atoms with Crippen LogP contribution in [0.5, 0.6) is 0 Å². The summed E-state index contributed by atoms with van der Waals surface area (Å²) in [5.41, 5.74) is 1.42. The third-order valence-electron chi connectivity index (χ3n) is 5.54. The van der Waals surface area contributed by atoms with E-state index in [0.717, 1.165) is 0 Å². The van der Waals surface area contributed by atoms with Crippen molar-refractivity contribution in [1.29, 1.82) is 0 Å². The molecule has 0 radical (unpaired) electrons. The van der Waals surface area contributed by atoms with Crippen LogP contribution in [0.2, 0.25) is 0 Å². The number of hydrogen-bond acceptors (Lipinski definition) is 8. The van der Waals surface area contributed by atoms with Gasteiger partial charge in [-0.15, -0.1) is 0 Å². The van der Waals surface area contributed by atoms with E-state index in [2.05, 4.69) is 30.9 Å². The lowest BCUT2D eigenvalue weighted by atomic mass is 10.1. The first-order valence-corrected chi connectivity index (χ1v) is 11.0. The average Bonchev–Trinajstić information content (AvgIpc) is 3.45. The third kappa shape index (κ3) is 4.06. The van der Waals surface area contributed by atoms with Crippen LogP contribution in [0, 0.1) is 0 Å². The number of aromatic nitrogens is 4. The monoisotopic (exact) mass is 467 g/mol. The van der Waals surface area contributed by atoms with Crippen molar-refractivity contribution in [2.75, 3.05) is 17.2 Å². The van der Waals surface area contributed by atoms with Crippen molar-refractivity contribution in [3.8, 4) is 0 Å². The minimum atomic E-state index is -0.879. The molecule has 0 unspecified atom stereocenters. The minimum absolute atomic E-state index is 0.232. The van der Waals surface area contributed by atoms with Crippen molar-refractivity contribution in [1.82, 2.24) is 24.8 Å². The molecule has 1 aromatic carbocycles. The maximum Gasteiger partial charge on any atom is 0.324 e. The van der Waals surface area contributed by atoms with Crippen LogP contribution in [0.25, 0.3) is 11.2 Å². The molecule has 0 saturated carbocycles. The van der Waals surface area contributed by atoms with E-state index in [1.54, 1.807) is 30.5 Å². The SMILES string of the molecule is CCNC(=O)[C@H]1O[C@@H](n2cnc3c(NC(=O)Nc4ccccc4)ncnc32)[C@@H]2OC(C)(C)O[C@@H]21. The number of benzene rings is 1. The Kier molecular flexibility index (Phi) is 5.63. The Morgan fingerprint density at radius 2 is 1.82 bits per heavy atom. The van der Waals surface area contributed by atoms with Crippen LogP contribution in [-0.2, 0) is 19.0 Å². The minimum Gasteiger partial charge on any atom is -0.354 e. The largest absolute Gasteiger partial charge is 0.354 e. The molecule has 2 aliphatic rings. The fraction of sp³-hybridized carbons (Fsp3) is 0.409. The number of imidazole rings is 1. The van der Waals surface area contributed by atoms with Crippen molar-refractivity contribution in [3.05, 3.63) is 43.0 Å². The molecular formula is C22H25N7O5. The van der Waals surface area contributed by atoms with Crippen molar-refractivity contribution >= 4 is 34.6 Å². The zero-order valence-electron chi connectivity index (χ0n) is 18.9. The number of amides is 3. The number of likely N-dealkylation sites (N-methyl/N-ethyl adjacent to an activating group) is 1. The first-order valence-electron chi connectivity index (χ1n) is 11.0. The maximum absolute atomic E-state index is 12.6. The molecule has 0 spiro atoms. The normalized spacial score (nSPS) is 25.1. The van der Waals surface area contributed by atoms with E-state index in [1.807, 2.05) is 25.1 Å². The standard InChI is InChI=1S/C22H25N7O5/c1-4-23-19(30)15-14-16(34-22(2,3)33-14)20(32-15)29-11-26-13-17(24-10-25-18(13)29)28-21(31)27-12-8-6-5-7-9-12/h5-11,14-16,20H,4H2,1-3H3,(H,23,30)(H2,24,25,27,28,31)/t14-,15+,16-,20-/m1/s1. The number of hydrogen-bond donors (Lipinski definition) is 3. The Bertz CT molecular complexity index is 1210. The highest BCUT2D eigenvalue weighted by molar-refractivity contribution is 6.02. The predicted octanol–water partition coefficient (Wildman–Crippen LogP) is 2.02. The van der Waals surface area contributed by atoms with Crippen LogP contribution in [0.3, 0.4) is 0 Å². The molecule has 4 heterocycles. The lowest BCUT2D eigenvalue weighted by molar-refractivity contribution is -0.197. The lowest BCUT2D eigenvalue weighted by Gasteiger charge is -2.24. The summed E-state index contributed by atoms with van der Waals surface area (Å²) in [7, 11) is 0. The van der Waals surface area contributed by atoms with Gasteiger partial charge >= 0.3 is 6.03 Å². The molecule has 12 heteroatoms. The summed E-state index contributed by atoms with van der Waals surface area (Å²) in [6.45, 7) is 5.88. The van der Waals surface area contributed by atoms with E-state index < -0.39 is 36.4 Å². The smallest absolute Gasteiger partial charge is 0.324 e. The van der Waals surface area contributed by atoms with E-state index >= 15 is 0 Å². The molecule has 2 aromatic heterocycles. The van der Waals surface area contributed by atoms with Crippen LogP contribution < -0.4 is 16.0 Å². The molecule has 2 aliphatic heterocycles. The molecule has 0 bridgehead atoms. The molecule has 2 fully saturated rings. The highest BCUT2D eigenvalue weighted by atomic mass is 16.8. The number of fused-ring (bicyclic) bond motifs is 2. The molecule has 12 nitrogen and oxygen atoms in total. The Morgan fingerprint density at radius 1 is 1.06 bits per heavy atom. The van der Waals surface area contributed by atoms with Gasteiger partial charge in [-0.3, -0.25) is 14.7 Å². The van der Waals surface area contributed by atoms with Gasteiger partial charge in [-0.1, -0.05) is 18.2 Å². The van der Waals surface area contributed by atoms with Gasteiger partial charge in [-0.25, -0.2) is 19.7 Å². The van der Waals surface area contributed by atoms with E-state index in [1.165, 1.54) is 12.7 Å². The number of anilines is 2. The maximum atomic E-state index is 12.6. The number of nitrogens with zero attached hydrogens (tertiary/aromatic N) is 4. The van der Waals surface area contributed by atoms with E-state index in [-0.39, 0.29) is 11.7 Å². The van der Waals surface area contributed by atoms with E-state index in [4.69, 9.17) is 14.2 Å². The van der Waals surface area contributed by atoms with Crippen LogP contribution >= 0.6 is 0 Å². The summed E-state index contributed by atoms with van der Waals surface area (Å²) in [6, 6.07) is 8.57. The van der Waals surface area contributed by atoms with Gasteiger partial charge in [0.15, 0.2) is 35.1 Å². The van der Waals surface area contributed by atoms with E-state index in [9.17, 15) is 9.59 Å². The molecule has 5 rings (SSSR count). The molecule has 3 aromatic rings. The molecule has 2 saturated heterocycles. The second-order valence-corrected chi connectivity index (χ2v) is 8.40. The third-order valence-corrected chi connectivity index (χ3v) is 5.54. The molecule has 4 atom stereocenters. The fourth-order valence-corrected chi connectivity index (χ4v) is 4.21. The number of ether oxygens (including phenoxy) is 3. The van der Waals surface area contributed by atoms with Crippen LogP contribution in [0.4, 0.5) is 16.3 Å². The number of carbonyl (C=O) groups is 2. The van der Waals surface area contributed by atoms with Gasteiger partial charge in [0.2, 0.25) is 0 Å². The quantitative estimate of drug-likeness (QED) is 0.518. The van der Waals surface area contributed by atoms with Gasteiger partial charge in [-0.05, 0) is 32.9 Å². The van der Waals surface area contributed by atoms with Gasteiger partial charge in [0, 0.05) is 12.2 Å². The Hall–Kier alpha value is -3.61. The second kappa shape index (κ2) is 8.63.